The lowest BCUT2D eigenvalue weighted by atomic mass is 9.67. The summed E-state index contributed by atoms with van der Waals surface area (Å²) in [5.41, 5.74) is 16.3. The Morgan fingerprint density at radius 1 is 0.368 bits per heavy atom. The van der Waals surface area contributed by atoms with Crippen LogP contribution in [0.1, 0.15) is 33.4 Å². The van der Waals surface area contributed by atoms with E-state index in [4.69, 9.17) is 19.4 Å². The molecule has 2 aromatic heterocycles. The minimum absolute atomic E-state index is 0.633. The fraction of sp³-hybridized carbons (Fsp3) is 0.0377. The normalized spacial score (nSPS) is 13.3. The molecule has 0 fully saturated rings. The van der Waals surface area contributed by atoms with E-state index in [2.05, 4.69) is 164 Å². The minimum atomic E-state index is -0.637. The molecule has 0 amide bonds. The molecule has 2 heterocycles. The fourth-order valence-corrected chi connectivity index (χ4v) is 9.46. The average Bonchev–Trinajstić information content (AvgIpc) is 3.93. The molecule has 57 heavy (non-hydrogen) atoms. The van der Waals surface area contributed by atoms with Crippen LogP contribution in [-0.4, -0.2) is 15.0 Å². The minimum Gasteiger partial charge on any atom is -0.456 e. The summed E-state index contributed by atoms with van der Waals surface area (Å²) in [7, 11) is 0. The topological polar surface area (TPSA) is 51.8 Å². The molecule has 0 bridgehead atoms. The lowest BCUT2D eigenvalue weighted by Crippen LogP contribution is -2.28. The largest absolute Gasteiger partial charge is 0.456 e. The highest BCUT2D eigenvalue weighted by atomic mass is 16.3. The van der Waals surface area contributed by atoms with Crippen LogP contribution in [0.5, 0.6) is 0 Å². The van der Waals surface area contributed by atoms with Crippen LogP contribution in [-0.2, 0) is 11.8 Å². The molecule has 0 aliphatic heterocycles. The van der Waals surface area contributed by atoms with Crippen molar-refractivity contribution in [2.45, 2.75) is 11.8 Å². The molecule has 4 heteroatoms. The van der Waals surface area contributed by atoms with Gasteiger partial charge in [-0.1, -0.05) is 158 Å². The zero-order valence-electron chi connectivity index (χ0n) is 30.9. The van der Waals surface area contributed by atoms with Crippen LogP contribution in [0.2, 0.25) is 0 Å². The Morgan fingerprint density at radius 2 is 0.947 bits per heavy atom. The van der Waals surface area contributed by atoms with Crippen molar-refractivity contribution in [2.24, 2.45) is 0 Å². The molecule has 266 valence electrons. The predicted octanol–water partition coefficient (Wildman–Crippen LogP) is 12.7. The fourth-order valence-electron chi connectivity index (χ4n) is 9.46. The van der Waals surface area contributed by atoms with Gasteiger partial charge in [-0.3, -0.25) is 0 Å². The van der Waals surface area contributed by atoms with E-state index >= 15 is 0 Å². The summed E-state index contributed by atoms with van der Waals surface area (Å²) in [5.74, 6) is 1.93. The summed E-state index contributed by atoms with van der Waals surface area (Å²) >= 11 is 0. The van der Waals surface area contributed by atoms with E-state index in [0.717, 1.165) is 45.0 Å². The Balaban J connectivity index is 1.11. The maximum atomic E-state index is 6.57. The van der Waals surface area contributed by atoms with Crippen molar-refractivity contribution in [3.63, 3.8) is 0 Å². The van der Waals surface area contributed by atoms with Gasteiger partial charge in [-0.2, -0.15) is 0 Å². The van der Waals surface area contributed by atoms with Crippen molar-refractivity contribution in [1.82, 2.24) is 15.0 Å². The third-order valence-electron chi connectivity index (χ3n) is 12.0. The molecule has 2 aliphatic carbocycles. The van der Waals surface area contributed by atoms with E-state index in [1.807, 2.05) is 24.3 Å². The Hall–Kier alpha value is -7.43. The first-order valence-electron chi connectivity index (χ1n) is 19.5. The third kappa shape index (κ3) is 4.77. The molecule has 0 saturated heterocycles. The van der Waals surface area contributed by atoms with Crippen LogP contribution in [0.3, 0.4) is 0 Å². The van der Waals surface area contributed by atoms with Crippen LogP contribution < -0.4 is 0 Å². The van der Waals surface area contributed by atoms with Gasteiger partial charge in [0.2, 0.25) is 0 Å². The van der Waals surface area contributed by atoms with Crippen molar-refractivity contribution < 1.29 is 4.42 Å². The molecular formula is C53H33N3O. The maximum absolute atomic E-state index is 6.57. The number of hydrogen-bond acceptors (Lipinski definition) is 4. The third-order valence-corrected chi connectivity index (χ3v) is 12.0. The van der Waals surface area contributed by atoms with E-state index in [1.165, 1.54) is 55.6 Å². The Labute approximate surface area is 329 Å². The first-order chi connectivity index (χ1) is 28.2. The Bertz CT molecular complexity index is 3170. The summed E-state index contributed by atoms with van der Waals surface area (Å²) in [6.45, 7) is 0. The van der Waals surface area contributed by atoms with Gasteiger partial charge in [0, 0.05) is 27.5 Å². The van der Waals surface area contributed by atoms with Crippen molar-refractivity contribution in [2.75, 3.05) is 0 Å². The second kappa shape index (κ2) is 12.3. The van der Waals surface area contributed by atoms with Crippen LogP contribution in [0.15, 0.2) is 192 Å². The highest BCUT2D eigenvalue weighted by Gasteiger charge is 2.47. The van der Waals surface area contributed by atoms with Crippen molar-refractivity contribution >= 4 is 21.9 Å². The summed E-state index contributed by atoms with van der Waals surface area (Å²) < 4.78 is 6.57. The molecule has 0 N–H and O–H groups in total. The Kier molecular flexibility index (Phi) is 6.87. The lowest BCUT2D eigenvalue weighted by molar-refractivity contribution is 0.666. The molecule has 0 spiro atoms. The molecule has 0 unspecified atom stereocenters. The molecular weight excluding hydrogens is 695 g/mol. The lowest BCUT2D eigenvalue weighted by Gasteiger charge is -2.34. The SMILES string of the molecule is c1ccc(-c2nc(-c3ccc4c(c3)-c3ccccc3C4)nc(-c3ccc4c(c3)C(c3ccccc3)(c3ccccc3)c3cc5oc6ccccc6c5cc3-4)n2)cc1. The van der Waals surface area contributed by atoms with Gasteiger partial charge >= 0.3 is 0 Å². The van der Waals surface area contributed by atoms with Gasteiger partial charge in [0.25, 0.3) is 0 Å². The van der Waals surface area contributed by atoms with Gasteiger partial charge in [0.15, 0.2) is 17.5 Å². The van der Waals surface area contributed by atoms with Crippen LogP contribution >= 0.6 is 0 Å². The van der Waals surface area contributed by atoms with Crippen molar-refractivity contribution in [1.29, 1.82) is 0 Å². The molecule has 0 radical (unpaired) electrons. The second-order valence-electron chi connectivity index (χ2n) is 15.1. The zero-order valence-corrected chi connectivity index (χ0v) is 30.9. The van der Waals surface area contributed by atoms with E-state index in [9.17, 15) is 0 Å². The van der Waals surface area contributed by atoms with Crippen molar-refractivity contribution in [3.8, 4) is 56.4 Å². The zero-order chi connectivity index (χ0) is 37.5. The smallest absolute Gasteiger partial charge is 0.164 e. The number of hydrogen-bond donors (Lipinski definition) is 0. The van der Waals surface area contributed by atoms with Crippen LogP contribution in [0.25, 0.3) is 78.4 Å². The highest BCUT2D eigenvalue weighted by molar-refractivity contribution is 6.08. The molecule has 8 aromatic carbocycles. The maximum Gasteiger partial charge on any atom is 0.164 e. The molecule has 0 saturated carbocycles. The predicted molar refractivity (Wildman–Crippen MR) is 229 cm³/mol. The standard InChI is InChI=1S/C53H33N3O/c1-4-14-33(15-5-1)50-54-51(36-25-24-35-28-34-16-10-11-21-40(34)43(35)29-36)56-52(55-50)37-26-27-41-44-31-45-42-22-12-13-23-48(42)57-49(45)32-47(44)53(46(41)30-37,38-17-6-2-7-18-38)39-19-8-3-9-20-39/h1-27,29-32H,28H2. The number of aromatic nitrogens is 3. The first kappa shape index (κ1) is 31.9. The van der Waals surface area contributed by atoms with Gasteiger partial charge < -0.3 is 4.42 Å². The monoisotopic (exact) mass is 727 g/mol. The van der Waals surface area contributed by atoms with Gasteiger partial charge in [-0.25, -0.2) is 15.0 Å². The van der Waals surface area contributed by atoms with Crippen LogP contribution in [0, 0.1) is 0 Å². The number of benzene rings is 8. The number of para-hydroxylation sites is 1. The Morgan fingerprint density at radius 3 is 1.70 bits per heavy atom. The average molecular weight is 728 g/mol. The first-order valence-corrected chi connectivity index (χ1v) is 19.5. The highest BCUT2D eigenvalue weighted by Crippen LogP contribution is 2.58. The van der Waals surface area contributed by atoms with E-state index in [-0.39, 0.29) is 0 Å². The summed E-state index contributed by atoms with van der Waals surface area (Å²) in [4.78, 5) is 15.6. The van der Waals surface area contributed by atoms with Gasteiger partial charge in [-0.05, 0) is 92.4 Å². The molecule has 4 nitrogen and oxygen atoms in total. The number of rotatable bonds is 5. The summed E-state index contributed by atoms with van der Waals surface area (Å²) in [5, 5.41) is 2.23. The quantitative estimate of drug-likeness (QED) is 0.177. The van der Waals surface area contributed by atoms with E-state index in [0.29, 0.717) is 17.5 Å². The van der Waals surface area contributed by atoms with Crippen molar-refractivity contribution in [3.05, 3.63) is 221 Å². The van der Waals surface area contributed by atoms with E-state index < -0.39 is 5.41 Å². The van der Waals surface area contributed by atoms with Gasteiger partial charge in [0.1, 0.15) is 11.2 Å². The second-order valence-corrected chi connectivity index (χ2v) is 15.1. The number of furan rings is 1. The summed E-state index contributed by atoms with van der Waals surface area (Å²) in [6.07, 6.45) is 0.938. The molecule has 0 atom stereocenters. The summed E-state index contributed by atoms with van der Waals surface area (Å²) in [6, 6.07) is 67.0. The molecule has 10 aromatic rings. The molecule has 2 aliphatic rings. The molecule has 12 rings (SSSR count). The van der Waals surface area contributed by atoms with Gasteiger partial charge in [-0.15, -0.1) is 0 Å². The van der Waals surface area contributed by atoms with Crippen LogP contribution in [0.4, 0.5) is 0 Å². The number of fused-ring (bicyclic) bond motifs is 9. The van der Waals surface area contributed by atoms with Gasteiger partial charge in [0.05, 0.1) is 5.41 Å². The number of nitrogens with zero attached hydrogens (tertiary/aromatic N) is 3. The van der Waals surface area contributed by atoms with E-state index in [1.54, 1.807) is 0 Å².